The number of benzene rings is 2. The minimum Gasteiger partial charge on any atom is -0.497 e. The number of anilines is 1. The second-order valence-electron chi connectivity index (χ2n) is 6.64. The second kappa shape index (κ2) is 10.3. The third-order valence-corrected chi connectivity index (χ3v) is 5.46. The molecule has 32 heavy (non-hydrogen) atoms. The molecule has 1 N–H and O–H groups in total. The van der Waals surface area contributed by atoms with Crippen molar-refractivity contribution in [2.24, 2.45) is 7.05 Å². The fraction of sp³-hybridized carbons (Fsp3) is 0.286. The van der Waals surface area contributed by atoms with Crippen molar-refractivity contribution in [1.82, 2.24) is 14.8 Å². The zero-order valence-electron chi connectivity index (χ0n) is 17.9. The molecule has 3 rings (SSSR count). The summed E-state index contributed by atoms with van der Waals surface area (Å²) < 4.78 is 44.6. The Balaban J connectivity index is 1.63. The average Bonchev–Trinajstić information content (AvgIpc) is 3.14. The van der Waals surface area contributed by atoms with Crippen LogP contribution in [0, 0.1) is 11.6 Å². The van der Waals surface area contributed by atoms with Crippen LogP contribution >= 0.6 is 11.8 Å². The molecule has 1 heterocycles. The number of nitrogens with one attached hydrogen (secondary N) is 1. The molecule has 0 bridgehead atoms. The number of hydrogen-bond donors (Lipinski definition) is 1. The number of hydrogen-bond acceptors (Lipinski definition) is 7. The quantitative estimate of drug-likeness (QED) is 0.479. The maximum atomic E-state index is 13.8. The molecule has 1 atom stereocenters. The van der Waals surface area contributed by atoms with E-state index in [-0.39, 0.29) is 17.4 Å². The number of ether oxygens (including phenoxy) is 3. The Kier molecular flexibility index (Phi) is 7.52. The Morgan fingerprint density at radius 3 is 2.56 bits per heavy atom. The lowest BCUT2D eigenvalue weighted by atomic mass is 10.2. The molecule has 0 fully saturated rings. The van der Waals surface area contributed by atoms with Gasteiger partial charge < -0.3 is 24.1 Å². The van der Waals surface area contributed by atoms with E-state index in [1.54, 1.807) is 36.7 Å². The summed E-state index contributed by atoms with van der Waals surface area (Å²) in [6.45, 7) is 1.67. The van der Waals surface area contributed by atoms with Gasteiger partial charge in [0.15, 0.2) is 28.7 Å². The normalized spacial score (nSPS) is 11.7. The molecule has 8 nitrogen and oxygen atoms in total. The van der Waals surface area contributed by atoms with Crippen molar-refractivity contribution in [3.05, 3.63) is 53.9 Å². The zero-order chi connectivity index (χ0) is 23.3. The Morgan fingerprint density at radius 1 is 1.12 bits per heavy atom. The number of thioether (sulfide) groups is 1. The van der Waals surface area contributed by atoms with Crippen LogP contribution in [0.25, 0.3) is 0 Å². The van der Waals surface area contributed by atoms with Crippen molar-refractivity contribution < 1.29 is 27.8 Å². The van der Waals surface area contributed by atoms with Crippen LogP contribution in [0.2, 0.25) is 0 Å². The number of methoxy groups -OCH3 is 2. The number of rotatable bonds is 9. The molecule has 11 heteroatoms. The van der Waals surface area contributed by atoms with Gasteiger partial charge in [0, 0.05) is 19.2 Å². The highest BCUT2D eigenvalue weighted by Gasteiger charge is 2.20. The monoisotopic (exact) mass is 464 g/mol. The molecule has 0 radical (unpaired) electrons. The van der Waals surface area contributed by atoms with Crippen LogP contribution in [0.15, 0.2) is 41.6 Å². The van der Waals surface area contributed by atoms with Gasteiger partial charge >= 0.3 is 0 Å². The van der Waals surface area contributed by atoms with E-state index in [1.807, 2.05) is 0 Å². The van der Waals surface area contributed by atoms with Gasteiger partial charge in [0.25, 0.3) is 0 Å². The number of carbonyl (C=O) groups is 1. The van der Waals surface area contributed by atoms with Gasteiger partial charge in [0.05, 0.1) is 25.7 Å². The van der Waals surface area contributed by atoms with E-state index in [0.29, 0.717) is 28.2 Å². The first-order valence-corrected chi connectivity index (χ1v) is 10.5. The highest BCUT2D eigenvalue weighted by Crippen LogP contribution is 2.30. The predicted molar refractivity (Wildman–Crippen MR) is 115 cm³/mol. The molecule has 2 aromatic carbocycles. The lowest BCUT2D eigenvalue weighted by Crippen LogP contribution is -2.15. The van der Waals surface area contributed by atoms with E-state index >= 15 is 0 Å². The number of halogens is 2. The van der Waals surface area contributed by atoms with E-state index in [4.69, 9.17) is 14.2 Å². The van der Waals surface area contributed by atoms with Crippen molar-refractivity contribution in [3.63, 3.8) is 0 Å². The van der Waals surface area contributed by atoms with Gasteiger partial charge in [-0.1, -0.05) is 11.8 Å². The molecule has 1 unspecified atom stereocenters. The molecule has 0 saturated heterocycles. The number of nitrogens with zero attached hydrogens (tertiary/aromatic N) is 3. The summed E-state index contributed by atoms with van der Waals surface area (Å²) >= 11 is 1.17. The molecule has 3 aromatic rings. The molecular weight excluding hydrogens is 442 g/mol. The van der Waals surface area contributed by atoms with E-state index < -0.39 is 17.7 Å². The summed E-state index contributed by atoms with van der Waals surface area (Å²) in [6, 6.07) is 8.15. The molecule has 0 aliphatic rings. The summed E-state index contributed by atoms with van der Waals surface area (Å²) in [7, 11) is 4.75. The van der Waals surface area contributed by atoms with Crippen LogP contribution in [0.5, 0.6) is 17.2 Å². The van der Waals surface area contributed by atoms with Gasteiger partial charge in [-0.25, -0.2) is 8.78 Å². The highest BCUT2D eigenvalue weighted by molar-refractivity contribution is 7.99. The maximum absolute atomic E-state index is 13.8. The van der Waals surface area contributed by atoms with Crippen LogP contribution in [0.3, 0.4) is 0 Å². The van der Waals surface area contributed by atoms with Gasteiger partial charge in [-0.2, -0.15) is 0 Å². The van der Waals surface area contributed by atoms with Crippen LogP contribution in [0.4, 0.5) is 14.5 Å². The van der Waals surface area contributed by atoms with Gasteiger partial charge in [-0.05, 0) is 31.2 Å². The van der Waals surface area contributed by atoms with Gasteiger partial charge in [0.2, 0.25) is 5.91 Å². The molecule has 0 saturated carbocycles. The van der Waals surface area contributed by atoms with E-state index in [0.717, 1.165) is 12.1 Å². The third-order valence-electron chi connectivity index (χ3n) is 4.44. The first kappa shape index (κ1) is 23.3. The van der Waals surface area contributed by atoms with E-state index in [2.05, 4.69) is 15.5 Å². The smallest absolute Gasteiger partial charge is 0.234 e. The molecule has 0 aliphatic heterocycles. The molecule has 1 aromatic heterocycles. The molecule has 1 amide bonds. The van der Waals surface area contributed by atoms with Crippen LogP contribution < -0.4 is 19.5 Å². The van der Waals surface area contributed by atoms with Crippen molar-refractivity contribution in [2.45, 2.75) is 18.2 Å². The minimum absolute atomic E-state index is 0.0637. The van der Waals surface area contributed by atoms with Crippen molar-refractivity contribution in [1.29, 1.82) is 0 Å². The van der Waals surface area contributed by atoms with E-state index in [1.165, 1.54) is 32.0 Å². The summed E-state index contributed by atoms with van der Waals surface area (Å²) in [6.07, 6.45) is -0.656. The van der Waals surface area contributed by atoms with E-state index in [9.17, 15) is 13.6 Å². The average molecular weight is 464 g/mol. The zero-order valence-corrected chi connectivity index (χ0v) is 18.7. The number of amides is 1. The van der Waals surface area contributed by atoms with Gasteiger partial charge in [-0.15, -0.1) is 10.2 Å². The second-order valence-corrected chi connectivity index (χ2v) is 7.58. The number of carbonyl (C=O) groups excluding carboxylic acids is 1. The molecule has 0 aliphatic carbocycles. The van der Waals surface area contributed by atoms with Crippen LogP contribution in [-0.2, 0) is 11.8 Å². The summed E-state index contributed by atoms with van der Waals surface area (Å²) in [5.74, 6) is -0.295. The molecule has 170 valence electrons. The summed E-state index contributed by atoms with van der Waals surface area (Å²) in [5.41, 5.74) is 0.486. The third kappa shape index (κ3) is 5.47. The minimum atomic E-state index is -0.807. The van der Waals surface area contributed by atoms with Crippen molar-refractivity contribution >= 4 is 23.4 Å². The largest absolute Gasteiger partial charge is 0.497 e. The number of aromatic nitrogens is 3. The summed E-state index contributed by atoms with van der Waals surface area (Å²) in [4.78, 5) is 12.4. The standard InChI is InChI=1S/C21H22F2N4O4S/c1-12(31-17-7-5-13(22)9-15(17)23)20-25-26-21(27(20)2)32-11-19(28)24-16-10-14(29-3)6-8-18(16)30-4/h5-10,12H,11H2,1-4H3,(H,24,28). The Bertz CT molecular complexity index is 1110. The SMILES string of the molecule is COc1ccc(OC)c(NC(=O)CSc2nnc(C(C)Oc3ccc(F)cc3F)n2C)c1. The lowest BCUT2D eigenvalue weighted by Gasteiger charge is -2.15. The van der Waals surface area contributed by atoms with Gasteiger partial charge in [0.1, 0.15) is 17.3 Å². The predicted octanol–water partition coefficient (Wildman–Crippen LogP) is 3.98. The Morgan fingerprint density at radius 2 is 1.88 bits per heavy atom. The fourth-order valence-corrected chi connectivity index (χ4v) is 3.57. The topological polar surface area (TPSA) is 87.5 Å². The first-order chi connectivity index (χ1) is 15.3. The maximum Gasteiger partial charge on any atom is 0.234 e. The Hall–Kier alpha value is -3.34. The van der Waals surface area contributed by atoms with Crippen LogP contribution in [0.1, 0.15) is 18.9 Å². The van der Waals surface area contributed by atoms with Crippen molar-refractivity contribution in [2.75, 3.05) is 25.3 Å². The van der Waals surface area contributed by atoms with Crippen molar-refractivity contribution in [3.8, 4) is 17.2 Å². The lowest BCUT2D eigenvalue weighted by molar-refractivity contribution is -0.113. The molecular formula is C21H22F2N4O4S. The fourth-order valence-electron chi connectivity index (χ4n) is 2.85. The van der Waals surface area contributed by atoms with Crippen LogP contribution in [-0.4, -0.2) is 40.6 Å². The highest BCUT2D eigenvalue weighted by atomic mass is 32.2. The van der Waals surface area contributed by atoms with Gasteiger partial charge in [-0.3, -0.25) is 4.79 Å². The Labute approximate surface area is 187 Å². The first-order valence-electron chi connectivity index (χ1n) is 9.48. The summed E-state index contributed by atoms with van der Waals surface area (Å²) in [5, 5.41) is 11.4. The molecule has 0 spiro atoms.